The zero-order chi connectivity index (χ0) is 13.0. The molecule has 0 aromatic heterocycles. The molecule has 92 valence electrons. The third kappa shape index (κ3) is 6.19. The molecule has 16 heavy (non-hydrogen) atoms. The third-order valence-corrected chi connectivity index (χ3v) is 1.56. The fourth-order valence-corrected chi connectivity index (χ4v) is 1.01. The number of benzene rings is 1. The highest BCUT2D eigenvalue weighted by molar-refractivity contribution is 5.74. The van der Waals surface area contributed by atoms with Crippen molar-refractivity contribution in [1.29, 1.82) is 0 Å². The monoisotopic (exact) mass is 226 g/mol. The lowest BCUT2D eigenvalue weighted by molar-refractivity contribution is -0.148. The Hall–Kier alpha value is -1.35. The molecule has 0 aliphatic heterocycles. The van der Waals surface area contributed by atoms with Crippen LogP contribution < -0.4 is 0 Å². The summed E-state index contributed by atoms with van der Waals surface area (Å²) in [6.45, 7) is 8.00. The third-order valence-electron chi connectivity index (χ3n) is 1.56. The van der Waals surface area contributed by atoms with Crippen molar-refractivity contribution in [2.45, 2.75) is 33.8 Å². The van der Waals surface area contributed by atoms with E-state index in [-0.39, 0.29) is 0 Å². The van der Waals surface area contributed by atoms with Gasteiger partial charge in [-0.15, -0.1) is 0 Å². The number of carboxylic acid groups (broad SMARTS) is 1. The Morgan fingerprint density at radius 2 is 1.56 bits per heavy atom. The van der Waals surface area contributed by atoms with E-state index in [1.165, 1.54) is 7.11 Å². The Kier molecular flexibility index (Phi) is 12.5. The van der Waals surface area contributed by atoms with E-state index in [0.717, 1.165) is 0 Å². The van der Waals surface area contributed by atoms with Gasteiger partial charge in [0.2, 0.25) is 0 Å². The van der Waals surface area contributed by atoms with E-state index in [2.05, 4.69) is 0 Å². The topological polar surface area (TPSA) is 46.5 Å². The molecule has 1 atom stereocenters. The Bertz CT molecular complexity index is 257. The number of carboxylic acids is 1. The summed E-state index contributed by atoms with van der Waals surface area (Å²) in [6.07, 6.45) is -0.855. The average Bonchev–Trinajstić information content (AvgIpc) is 2.36. The van der Waals surface area contributed by atoms with Crippen LogP contribution in [0.2, 0.25) is 0 Å². The number of hydrogen-bond donors (Lipinski definition) is 1. The summed E-state index contributed by atoms with van der Waals surface area (Å²) in [5, 5.41) is 8.70. The molecule has 0 amide bonds. The van der Waals surface area contributed by atoms with Gasteiger partial charge in [0.25, 0.3) is 0 Å². The molecule has 0 spiro atoms. The van der Waals surface area contributed by atoms with Crippen LogP contribution in [0.1, 0.15) is 39.4 Å². The summed E-state index contributed by atoms with van der Waals surface area (Å²) in [5.41, 5.74) is 0.660. The summed E-state index contributed by atoms with van der Waals surface area (Å²) in [6, 6.07) is 8.84. The zero-order valence-corrected chi connectivity index (χ0v) is 10.7. The molecule has 0 aliphatic rings. The van der Waals surface area contributed by atoms with Crippen LogP contribution in [0.4, 0.5) is 0 Å². The first-order valence-corrected chi connectivity index (χ1v) is 5.56. The summed E-state index contributed by atoms with van der Waals surface area (Å²) in [7, 11) is 1.38. The van der Waals surface area contributed by atoms with Gasteiger partial charge in [-0.1, -0.05) is 58.0 Å². The lowest BCUT2D eigenvalue weighted by Crippen LogP contribution is -2.12. The van der Waals surface area contributed by atoms with E-state index < -0.39 is 12.1 Å². The van der Waals surface area contributed by atoms with Crippen LogP contribution >= 0.6 is 0 Å². The highest BCUT2D eigenvalue weighted by atomic mass is 16.5. The molecular formula is C13H22O3. The van der Waals surface area contributed by atoms with Crippen LogP contribution in [-0.2, 0) is 9.53 Å². The molecule has 3 heteroatoms. The first-order chi connectivity index (χ1) is 7.75. The summed E-state index contributed by atoms with van der Waals surface area (Å²) in [4.78, 5) is 10.6. The van der Waals surface area contributed by atoms with E-state index in [0.29, 0.717) is 5.56 Å². The van der Waals surface area contributed by atoms with Crippen LogP contribution in [-0.4, -0.2) is 18.2 Å². The molecule has 1 rings (SSSR count). The van der Waals surface area contributed by atoms with Crippen molar-refractivity contribution in [3.63, 3.8) is 0 Å². The number of methoxy groups -OCH3 is 1. The number of carbonyl (C=O) groups is 1. The minimum Gasteiger partial charge on any atom is -0.479 e. The average molecular weight is 226 g/mol. The minimum atomic E-state index is -0.969. The van der Waals surface area contributed by atoms with Gasteiger partial charge in [-0.25, -0.2) is 4.79 Å². The normalized spacial score (nSPS) is 10.1. The fourth-order valence-electron chi connectivity index (χ4n) is 1.01. The lowest BCUT2D eigenvalue weighted by Gasteiger charge is -2.09. The molecule has 0 fully saturated rings. The minimum absolute atomic E-state index is 0.660. The smallest absolute Gasteiger partial charge is 0.337 e. The molecule has 0 aliphatic carbocycles. The second-order valence-corrected chi connectivity index (χ2v) is 2.36. The lowest BCUT2D eigenvalue weighted by atomic mass is 10.1. The van der Waals surface area contributed by atoms with Gasteiger partial charge in [0.15, 0.2) is 6.10 Å². The first kappa shape index (κ1) is 17.1. The van der Waals surface area contributed by atoms with Crippen LogP contribution in [0.3, 0.4) is 0 Å². The molecule has 3 nitrogen and oxygen atoms in total. The van der Waals surface area contributed by atoms with Crippen LogP contribution in [0, 0.1) is 0 Å². The predicted molar refractivity (Wildman–Crippen MR) is 66.5 cm³/mol. The van der Waals surface area contributed by atoms with Crippen molar-refractivity contribution in [1.82, 2.24) is 0 Å². The van der Waals surface area contributed by atoms with Gasteiger partial charge >= 0.3 is 5.97 Å². The summed E-state index contributed by atoms with van der Waals surface area (Å²) < 4.78 is 4.80. The summed E-state index contributed by atoms with van der Waals surface area (Å²) >= 11 is 0. The van der Waals surface area contributed by atoms with E-state index in [9.17, 15) is 4.79 Å². The molecular weight excluding hydrogens is 204 g/mol. The zero-order valence-electron chi connectivity index (χ0n) is 10.7. The van der Waals surface area contributed by atoms with Crippen molar-refractivity contribution in [2.75, 3.05) is 7.11 Å². The number of aliphatic carboxylic acids is 1. The molecule has 0 bridgehead atoms. The van der Waals surface area contributed by atoms with Gasteiger partial charge in [0.1, 0.15) is 0 Å². The first-order valence-electron chi connectivity index (χ1n) is 5.56. The van der Waals surface area contributed by atoms with E-state index in [1.807, 2.05) is 33.8 Å². The highest BCUT2D eigenvalue weighted by Gasteiger charge is 2.17. The molecule has 1 aromatic rings. The Morgan fingerprint density at radius 1 is 1.12 bits per heavy atom. The van der Waals surface area contributed by atoms with Crippen LogP contribution in [0.5, 0.6) is 0 Å². The van der Waals surface area contributed by atoms with E-state index in [4.69, 9.17) is 9.84 Å². The number of ether oxygens (including phenoxy) is 1. The van der Waals surface area contributed by atoms with Gasteiger partial charge in [-0.05, 0) is 5.56 Å². The number of rotatable bonds is 3. The maximum Gasteiger partial charge on any atom is 0.337 e. The standard InChI is InChI=1S/C9H10O3.2C2H6/c1-12-8(9(10)11)7-5-3-2-4-6-7;2*1-2/h2-6,8H,1H3,(H,10,11);2*1-2H3. The predicted octanol–water partition coefficient (Wildman–Crippen LogP) is 3.51. The van der Waals surface area contributed by atoms with E-state index >= 15 is 0 Å². The van der Waals surface area contributed by atoms with Gasteiger partial charge < -0.3 is 9.84 Å². The Morgan fingerprint density at radius 3 is 1.88 bits per heavy atom. The maximum atomic E-state index is 10.6. The SMILES string of the molecule is CC.CC.COC(C(=O)O)c1ccccc1. The summed E-state index contributed by atoms with van der Waals surface area (Å²) in [5.74, 6) is -0.969. The van der Waals surface area contributed by atoms with Gasteiger partial charge in [-0.2, -0.15) is 0 Å². The highest BCUT2D eigenvalue weighted by Crippen LogP contribution is 2.15. The second kappa shape index (κ2) is 11.7. The van der Waals surface area contributed by atoms with Crippen LogP contribution in [0.15, 0.2) is 30.3 Å². The Balaban J connectivity index is 0. The molecule has 1 N–H and O–H groups in total. The largest absolute Gasteiger partial charge is 0.479 e. The quantitative estimate of drug-likeness (QED) is 0.857. The van der Waals surface area contributed by atoms with E-state index in [1.54, 1.807) is 24.3 Å². The van der Waals surface area contributed by atoms with Gasteiger partial charge in [0.05, 0.1) is 0 Å². The molecule has 0 saturated carbocycles. The van der Waals surface area contributed by atoms with Crippen molar-refractivity contribution in [2.24, 2.45) is 0 Å². The van der Waals surface area contributed by atoms with Gasteiger partial charge in [0, 0.05) is 7.11 Å². The fraction of sp³-hybridized carbons (Fsp3) is 0.462. The van der Waals surface area contributed by atoms with Crippen molar-refractivity contribution < 1.29 is 14.6 Å². The second-order valence-electron chi connectivity index (χ2n) is 2.36. The van der Waals surface area contributed by atoms with Gasteiger partial charge in [-0.3, -0.25) is 0 Å². The molecule has 0 saturated heterocycles. The molecule has 1 unspecified atom stereocenters. The number of hydrogen-bond acceptors (Lipinski definition) is 2. The van der Waals surface area contributed by atoms with Crippen molar-refractivity contribution in [3.05, 3.63) is 35.9 Å². The molecule has 0 heterocycles. The Labute approximate surface area is 98.1 Å². The molecule has 0 radical (unpaired) electrons. The van der Waals surface area contributed by atoms with Crippen molar-refractivity contribution >= 4 is 5.97 Å². The van der Waals surface area contributed by atoms with Crippen molar-refractivity contribution in [3.8, 4) is 0 Å². The maximum absolute atomic E-state index is 10.6. The van der Waals surface area contributed by atoms with Crippen LogP contribution in [0.25, 0.3) is 0 Å². The molecule has 1 aromatic carbocycles.